The van der Waals surface area contributed by atoms with Crippen molar-refractivity contribution in [1.82, 2.24) is 10.2 Å². The molecular formula is C26H30N2O3S. The molecule has 1 aliphatic heterocycles. The van der Waals surface area contributed by atoms with E-state index in [0.29, 0.717) is 5.75 Å². The molecular weight excluding hydrogens is 420 g/mol. The third kappa shape index (κ3) is 4.66. The second kappa shape index (κ2) is 9.76. The third-order valence-corrected chi connectivity index (χ3v) is 6.94. The minimum Gasteiger partial charge on any atom is -0.493 e. The fourth-order valence-corrected chi connectivity index (χ4v) is 5.23. The van der Waals surface area contributed by atoms with Gasteiger partial charge in [-0.15, -0.1) is 11.3 Å². The molecule has 6 heteroatoms. The Bertz CT molecular complexity index is 1080. The summed E-state index contributed by atoms with van der Waals surface area (Å²) in [7, 11) is 3.33. The minimum absolute atomic E-state index is 0.0166. The summed E-state index contributed by atoms with van der Waals surface area (Å²) >= 11 is 1.46. The zero-order valence-corrected chi connectivity index (χ0v) is 19.9. The molecule has 5 nitrogen and oxygen atoms in total. The van der Waals surface area contributed by atoms with E-state index in [-0.39, 0.29) is 18.0 Å². The molecule has 2 heterocycles. The highest BCUT2D eigenvalue weighted by Crippen LogP contribution is 2.40. The van der Waals surface area contributed by atoms with Crippen molar-refractivity contribution in [2.75, 3.05) is 20.8 Å². The summed E-state index contributed by atoms with van der Waals surface area (Å²) in [6.45, 7) is 5.93. The first-order valence-corrected chi connectivity index (χ1v) is 11.8. The van der Waals surface area contributed by atoms with Gasteiger partial charge in [-0.3, -0.25) is 9.69 Å². The highest BCUT2D eigenvalue weighted by atomic mass is 32.1. The first kappa shape index (κ1) is 22.4. The van der Waals surface area contributed by atoms with Crippen LogP contribution in [-0.4, -0.2) is 37.6 Å². The van der Waals surface area contributed by atoms with Crippen molar-refractivity contribution in [3.05, 3.63) is 81.0 Å². The van der Waals surface area contributed by atoms with Crippen LogP contribution in [0.3, 0.4) is 0 Å². The van der Waals surface area contributed by atoms with Gasteiger partial charge >= 0.3 is 0 Å². The molecule has 0 saturated carbocycles. The van der Waals surface area contributed by atoms with Gasteiger partial charge in [-0.1, -0.05) is 35.9 Å². The molecule has 1 amide bonds. The number of hydrogen-bond donors (Lipinski definition) is 1. The van der Waals surface area contributed by atoms with Crippen LogP contribution < -0.4 is 14.8 Å². The second-order valence-electron chi connectivity index (χ2n) is 8.30. The third-order valence-electron chi connectivity index (χ3n) is 6.07. The molecule has 1 aliphatic rings. The van der Waals surface area contributed by atoms with E-state index in [1.165, 1.54) is 33.6 Å². The first-order chi connectivity index (χ1) is 15.5. The molecule has 2 unspecified atom stereocenters. The van der Waals surface area contributed by atoms with Crippen LogP contribution >= 0.6 is 11.3 Å². The second-order valence-corrected chi connectivity index (χ2v) is 9.25. The summed E-state index contributed by atoms with van der Waals surface area (Å²) < 4.78 is 11.2. The van der Waals surface area contributed by atoms with Crippen LogP contribution in [0.5, 0.6) is 11.5 Å². The Morgan fingerprint density at radius 2 is 1.94 bits per heavy atom. The fourth-order valence-electron chi connectivity index (χ4n) is 4.60. The maximum atomic E-state index is 12.8. The lowest BCUT2D eigenvalue weighted by molar-refractivity contribution is 0.0881. The number of methoxy groups -OCH3 is 2. The molecule has 168 valence electrons. The summed E-state index contributed by atoms with van der Waals surface area (Å²) in [5.41, 5.74) is 4.95. The van der Waals surface area contributed by atoms with E-state index in [1.54, 1.807) is 14.2 Å². The molecule has 0 spiro atoms. The number of aryl methyl sites for hydroxylation is 1. The highest BCUT2D eigenvalue weighted by molar-refractivity contribution is 7.12. The van der Waals surface area contributed by atoms with Gasteiger partial charge in [-0.05, 0) is 60.5 Å². The standard InChI is InChI=1S/C26H30N2O3S/c1-17-7-5-8-19(13-17)16-28-11-10-20-14-22(30-3)23(31-4)15-21(20)25(28)18(2)27-26(29)24-9-6-12-32-24/h5-9,12-15,18,25H,10-11,16H2,1-4H3,(H,27,29). The number of amides is 1. The van der Waals surface area contributed by atoms with E-state index in [0.717, 1.165) is 30.1 Å². The molecule has 4 rings (SSSR count). The molecule has 32 heavy (non-hydrogen) atoms. The zero-order valence-electron chi connectivity index (χ0n) is 19.1. The van der Waals surface area contributed by atoms with Gasteiger partial charge in [0.2, 0.25) is 0 Å². The molecule has 0 bridgehead atoms. The van der Waals surface area contributed by atoms with Crippen LogP contribution in [0.2, 0.25) is 0 Å². The number of carbonyl (C=O) groups excluding carboxylic acids is 1. The van der Waals surface area contributed by atoms with Crippen molar-refractivity contribution in [3.8, 4) is 11.5 Å². The lowest BCUT2D eigenvalue weighted by atomic mass is 9.87. The lowest BCUT2D eigenvalue weighted by Gasteiger charge is -2.41. The van der Waals surface area contributed by atoms with E-state index >= 15 is 0 Å². The Balaban J connectivity index is 1.69. The maximum Gasteiger partial charge on any atom is 0.261 e. The smallest absolute Gasteiger partial charge is 0.261 e. The van der Waals surface area contributed by atoms with Gasteiger partial charge in [0, 0.05) is 19.1 Å². The van der Waals surface area contributed by atoms with Crippen LogP contribution in [-0.2, 0) is 13.0 Å². The van der Waals surface area contributed by atoms with Gasteiger partial charge in [0.15, 0.2) is 11.5 Å². The molecule has 0 fully saturated rings. The lowest BCUT2D eigenvalue weighted by Crippen LogP contribution is -2.47. The van der Waals surface area contributed by atoms with Crippen molar-refractivity contribution in [1.29, 1.82) is 0 Å². The fraction of sp³-hybridized carbons (Fsp3) is 0.346. The molecule has 0 aliphatic carbocycles. The van der Waals surface area contributed by atoms with Crippen molar-refractivity contribution in [2.24, 2.45) is 0 Å². The van der Waals surface area contributed by atoms with Gasteiger partial charge in [0.05, 0.1) is 25.1 Å². The van der Waals surface area contributed by atoms with Gasteiger partial charge < -0.3 is 14.8 Å². The maximum absolute atomic E-state index is 12.8. The number of nitrogens with zero attached hydrogens (tertiary/aromatic N) is 1. The van der Waals surface area contributed by atoms with Crippen LogP contribution in [0.25, 0.3) is 0 Å². The van der Waals surface area contributed by atoms with Crippen LogP contribution in [0.1, 0.15) is 44.9 Å². The SMILES string of the molecule is COc1cc2c(cc1OC)C(C(C)NC(=O)c1cccs1)N(Cc1cccc(C)c1)CC2. The van der Waals surface area contributed by atoms with Crippen molar-refractivity contribution >= 4 is 17.2 Å². The van der Waals surface area contributed by atoms with Crippen molar-refractivity contribution in [2.45, 2.75) is 38.9 Å². The number of thiophene rings is 1. The quantitative estimate of drug-likeness (QED) is 0.551. The number of carbonyl (C=O) groups is 1. The molecule has 2 aromatic carbocycles. The summed E-state index contributed by atoms with van der Waals surface area (Å²) in [5.74, 6) is 1.42. The number of nitrogens with one attached hydrogen (secondary N) is 1. The Hall–Kier alpha value is -2.83. The normalized spacial score (nSPS) is 16.8. The monoisotopic (exact) mass is 450 g/mol. The molecule has 1 aromatic heterocycles. The number of rotatable bonds is 7. The van der Waals surface area contributed by atoms with E-state index in [4.69, 9.17) is 9.47 Å². The van der Waals surface area contributed by atoms with Crippen molar-refractivity contribution < 1.29 is 14.3 Å². The zero-order chi connectivity index (χ0) is 22.7. The van der Waals surface area contributed by atoms with Crippen LogP contribution in [0.15, 0.2) is 53.9 Å². The number of fused-ring (bicyclic) bond motifs is 1. The highest BCUT2D eigenvalue weighted by Gasteiger charge is 2.34. The Morgan fingerprint density at radius 3 is 2.62 bits per heavy atom. The van der Waals surface area contributed by atoms with E-state index in [9.17, 15) is 4.79 Å². The Morgan fingerprint density at radius 1 is 1.16 bits per heavy atom. The summed E-state index contributed by atoms with van der Waals surface area (Å²) in [5, 5.41) is 5.17. The summed E-state index contributed by atoms with van der Waals surface area (Å²) in [4.78, 5) is 16.0. The van der Waals surface area contributed by atoms with E-state index in [2.05, 4.69) is 60.5 Å². The number of ether oxygens (including phenoxy) is 2. The van der Waals surface area contributed by atoms with Crippen LogP contribution in [0.4, 0.5) is 0 Å². The predicted octanol–water partition coefficient (Wildman–Crippen LogP) is 4.99. The number of benzene rings is 2. The largest absolute Gasteiger partial charge is 0.493 e. The van der Waals surface area contributed by atoms with Gasteiger partial charge in [0.1, 0.15) is 0 Å². The average Bonchev–Trinajstić information content (AvgIpc) is 3.33. The first-order valence-electron chi connectivity index (χ1n) is 10.9. The molecule has 2 atom stereocenters. The average molecular weight is 451 g/mol. The summed E-state index contributed by atoms with van der Waals surface area (Å²) in [6.07, 6.45) is 0.920. The minimum atomic E-state index is -0.0911. The topological polar surface area (TPSA) is 50.8 Å². The number of hydrogen-bond acceptors (Lipinski definition) is 5. The predicted molar refractivity (Wildman–Crippen MR) is 129 cm³/mol. The molecule has 0 radical (unpaired) electrons. The van der Waals surface area contributed by atoms with Gasteiger partial charge in [-0.25, -0.2) is 0 Å². The molecule has 1 N–H and O–H groups in total. The van der Waals surface area contributed by atoms with Gasteiger partial charge in [0.25, 0.3) is 5.91 Å². The van der Waals surface area contributed by atoms with Crippen molar-refractivity contribution in [3.63, 3.8) is 0 Å². The van der Waals surface area contributed by atoms with E-state index in [1.807, 2.05) is 17.5 Å². The van der Waals surface area contributed by atoms with Crippen LogP contribution in [0, 0.1) is 6.92 Å². The Kier molecular flexibility index (Phi) is 6.82. The van der Waals surface area contributed by atoms with E-state index < -0.39 is 0 Å². The summed E-state index contributed by atoms with van der Waals surface area (Å²) in [6, 6.07) is 16.5. The molecule has 0 saturated heterocycles. The molecule has 3 aromatic rings. The Labute approximate surface area is 194 Å². The van der Waals surface area contributed by atoms with Gasteiger partial charge in [-0.2, -0.15) is 0 Å².